The Morgan fingerprint density at radius 2 is 1.91 bits per heavy atom. The zero-order chi connectivity index (χ0) is 23.1. The van der Waals surface area contributed by atoms with Gasteiger partial charge in [-0.05, 0) is 111 Å². The quantitative estimate of drug-likeness (QED) is 0.244. The molecule has 0 saturated heterocycles. The maximum Gasteiger partial charge on any atom is 0.100 e. The molecule has 0 bridgehead atoms. The molecular weight excluding hydrogens is 396 g/mol. The first-order chi connectivity index (χ1) is 15.2. The SMILES string of the molecule is CC(C)C(=CCOO)CCC(C)C1CCC2C3CC=C4CC(O)CCC4(C)C3CCC12C. The molecule has 182 valence electrons. The molecule has 2 N–H and O–H groups in total. The molecule has 4 rings (SSSR count). The number of aliphatic hydroxyl groups excluding tert-OH is 1. The van der Waals surface area contributed by atoms with E-state index in [9.17, 15) is 5.11 Å². The molecule has 0 spiro atoms. The maximum absolute atomic E-state index is 10.3. The molecule has 8 atom stereocenters. The summed E-state index contributed by atoms with van der Waals surface area (Å²) in [6.45, 7) is 12.5. The van der Waals surface area contributed by atoms with Crippen molar-refractivity contribution in [3.63, 3.8) is 0 Å². The van der Waals surface area contributed by atoms with Crippen LogP contribution in [0.2, 0.25) is 0 Å². The second kappa shape index (κ2) is 9.55. The minimum absolute atomic E-state index is 0.106. The normalized spacial score (nSPS) is 42.8. The monoisotopic (exact) mass is 444 g/mol. The molecule has 0 aromatic carbocycles. The molecule has 0 radical (unpaired) electrons. The van der Waals surface area contributed by atoms with Gasteiger partial charge >= 0.3 is 0 Å². The van der Waals surface area contributed by atoms with E-state index in [0.29, 0.717) is 23.4 Å². The predicted molar refractivity (Wildman–Crippen MR) is 131 cm³/mol. The number of hydrogen-bond donors (Lipinski definition) is 2. The minimum Gasteiger partial charge on any atom is -0.393 e. The van der Waals surface area contributed by atoms with Crippen molar-refractivity contribution >= 4 is 0 Å². The van der Waals surface area contributed by atoms with E-state index in [1.165, 1.54) is 50.5 Å². The second-order valence-corrected chi connectivity index (χ2v) is 12.6. The zero-order valence-electron chi connectivity index (χ0n) is 21.3. The van der Waals surface area contributed by atoms with Crippen molar-refractivity contribution < 1.29 is 15.3 Å². The van der Waals surface area contributed by atoms with Gasteiger partial charge in [0.25, 0.3) is 0 Å². The van der Waals surface area contributed by atoms with Gasteiger partial charge in [0, 0.05) is 0 Å². The van der Waals surface area contributed by atoms with Crippen LogP contribution in [0, 0.1) is 46.3 Å². The number of rotatable bonds is 7. The van der Waals surface area contributed by atoms with Gasteiger partial charge in [-0.25, -0.2) is 4.89 Å². The van der Waals surface area contributed by atoms with Gasteiger partial charge in [0.05, 0.1) is 6.10 Å². The number of aliphatic hydroxyl groups is 1. The highest BCUT2D eigenvalue weighted by atomic mass is 17.1. The van der Waals surface area contributed by atoms with Gasteiger partial charge in [0.15, 0.2) is 0 Å². The average molecular weight is 445 g/mol. The Kier molecular flexibility index (Phi) is 7.30. The fraction of sp³-hybridized carbons (Fsp3) is 0.862. The van der Waals surface area contributed by atoms with Crippen LogP contribution in [0.15, 0.2) is 23.3 Å². The van der Waals surface area contributed by atoms with Crippen molar-refractivity contribution in [1.82, 2.24) is 0 Å². The maximum atomic E-state index is 10.3. The first-order valence-corrected chi connectivity index (χ1v) is 13.5. The van der Waals surface area contributed by atoms with Gasteiger partial charge < -0.3 is 5.11 Å². The molecule has 0 amide bonds. The molecule has 0 aromatic rings. The summed E-state index contributed by atoms with van der Waals surface area (Å²) in [7, 11) is 0. The minimum atomic E-state index is -0.106. The van der Waals surface area contributed by atoms with Crippen LogP contribution >= 0.6 is 0 Å². The molecule has 3 nitrogen and oxygen atoms in total. The highest BCUT2D eigenvalue weighted by Crippen LogP contribution is 2.67. The van der Waals surface area contributed by atoms with E-state index in [2.05, 4.69) is 51.7 Å². The molecule has 4 aliphatic rings. The molecule has 3 fully saturated rings. The summed E-state index contributed by atoms with van der Waals surface area (Å²) in [5.41, 5.74) is 3.85. The van der Waals surface area contributed by atoms with Crippen molar-refractivity contribution in [3.8, 4) is 0 Å². The van der Waals surface area contributed by atoms with Crippen LogP contribution in [0.3, 0.4) is 0 Å². The predicted octanol–water partition coefficient (Wildman–Crippen LogP) is 7.41. The van der Waals surface area contributed by atoms with E-state index in [-0.39, 0.29) is 6.10 Å². The van der Waals surface area contributed by atoms with Crippen molar-refractivity contribution in [2.24, 2.45) is 46.3 Å². The summed E-state index contributed by atoms with van der Waals surface area (Å²) in [4.78, 5) is 4.32. The lowest BCUT2D eigenvalue weighted by Gasteiger charge is -2.58. The number of hydrogen-bond acceptors (Lipinski definition) is 3. The van der Waals surface area contributed by atoms with Gasteiger partial charge in [-0.15, -0.1) is 0 Å². The Hall–Kier alpha value is -0.640. The Morgan fingerprint density at radius 3 is 2.62 bits per heavy atom. The molecular formula is C29H48O3. The van der Waals surface area contributed by atoms with Crippen LogP contribution in [0.4, 0.5) is 0 Å². The molecule has 0 heterocycles. The van der Waals surface area contributed by atoms with Gasteiger partial charge in [-0.1, -0.05) is 57.9 Å². The second-order valence-electron chi connectivity index (χ2n) is 12.6. The highest BCUT2D eigenvalue weighted by Gasteiger charge is 2.59. The smallest absolute Gasteiger partial charge is 0.100 e. The lowest BCUT2D eigenvalue weighted by molar-refractivity contribution is -0.232. The van der Waals surface area contributed by atoms with E-state index in [4.69, 9.17) is 5.26 Å². The lowest BCUT2D eigenvalue weighted by atomic mass is 9.47. The van der Waals surface area contributed by atoms with E-state index < -0.39 is 0 Å². The van der Waals surface area contributed by atoms with Gasteiger partial charge in [0.1, 0.15) is 6.61 Å². The summed E-state index contributed by atoms with van der Waals surface area (Å²) in [5, 5.41) is 19.0. The fourth-order valence-corrected chi connectivity index (χ4v) is 8.98. The number of allylic oxidation sites excluding steroid dienone is 2. The van der Waals surface area contributed by atoms with Gasteiger partial charge in [-0.3, -0.25) is 5.26 Å². The van der Waals surface area contributed by atoms with Crippen LogP contribution in [0.1, 0.15) is 98.8 Å². The highest BCUT2D eigenvalue weighted by molar-refractivity contribution is 5.25. The first kappa shape index (κ1) is 24.5. The molecule has 4 aliphatic carbocycles. The molecule has 32 heavy (non-hydrogen) atoms. The Labute approximate surface area is 196 Å². The van der Waals surface area contributed by atoms with Gasteiger partial charge in [-0.2, -0.15) is 0 Å². The summed E-state index contributed by atoms with van der Waals surface area (Å²) >= 11 is 0. The van der Waals surface area contributed by atoms with Crippen LogP contribution in [-0.2, 0) is 4.89 Å². The van der Waals surface area contributed by atoms with E-state index in [0.717, 1.165) is 48.9 Å². The molecule has 3 saturated carbocycles. The Balaban J connectivity index is 1.46. The topological polar surface area (TPSA) is 49.7 Å². The molecule has 3 heteroatoms. The van der Waals surface area contributed by atoms with Crippen LogP contribution < -0.4 is 0 Å². The van der Waals surface area contributed by atoms with Crippen LogP contribution in [-0.4, -0.2) is 23.1 Å². The van der Waals surface area contributed by atoms with E-state index >= 15 is 0 Å². The molecule has 0 aromatic heterocycles. The largest absolute Gasteiger partial charge is 0.393 e. The lowest BCUT2D eigenvalue weighted by Crippen LogP contribution is -2.50. The van der Waals surface area contributed by atoms with Crippen molar-refractivity contribution in [3.05, 3.63) is 23.3 Å². The van der Waals surface area contributed by atoms with Crippen LogP contribution in [0.25, 0.3) is 0 Å². The summed E-state index contributed by atoms with van der Waals surface area (Å²) in [6.07, 6.45) is 16.9. The summed E-state index contributed by atoms with van der Waals surface area (Å²) in [5.74, 6) is 4.64. The third-order valence-electron chi connectivity index (χ3n) is 10.9. The molecule has 8 unspecified atom stereocenters. The Bertz CT molecular complexity index is 724. The third kappa shape index (κ3) is 4.27. The number of fused-ring (bicyclic) bond motifs is 5. The van der Waals surface area contributed by atoms with E-state index in [1.54, 1.807) is 5.57 Å². The standard InChI is InChI=1S/C29H48O3/c1-19(2)21(14-17-32-31)7-6-20(3)25-10-11-26-24-9-8-22-18-23(30)12-15-28(22,4)27(24)13-16-29(25,26)5/h8,14,19-20,23-27,30-31H,6-7,9-13,15-18H2,1-5H3. The van der Waals surface area contributed by atoms with Crippen molar-refractivity contribution in [1.29, 1.82) is 0 Å². The van der Waals surface area contributed by atoms with Gasteiger partial charge in [0.2, 0.25) is 0 Å². The van der Waals surface area contributed by atoms with Crippen molar-refractivity contribution in [2.75, 3.05) is 6.61 Å². The van der Waals surface area contributed by atoms with Crippen molar-refractivity contribution in [2.45, 2.75) is 105 Å². The first-order valence-electron chi connectivity index (χ1n) is 13.5. The summed E-state index contributed by atoms with van der Waals surface area (Å²) in [6, 6.07) is 0. The fourth-order valence-electron chi connectivity index (χ4n) is 8.98. The van der Waals surface area contributed by atoms with Crippen LogP contribution in [0.5, 0.6) is 0 Å². The Morgan fingerprint density at radius 1 is 1.12 bits per heavy atom. The van der Waals surface area contributed by atoms with E-state index in [1.807, 2.05) is 0 Å². The molecule has 0 aliphatic heterocycles. The zero-order valence-corrected chi connectivity index (χ0v) is 21.3. The summed E-state index contributed by atoms with van der Waals surface area (Å²) < 4.78 is 0. The average Bonchev–Trinajstić information content (AvgIpc) is 3.11. The third-order valence-corrected chi connectivity index (χ3v) is 10.9.